The molecule has 1 aromatic carbocycles. The second kappa shape index (κ2) is 22.2. The highest BCUT2D eigenvalue weighted by Gasteiger charge is 2.43. The van der Waals surface area contributed by atoms with Crippen molar-refractivity contribution in [1.82, 2.24) is 19.9 Å². The number of phosphoric acid groups is 3. The van der Waals surface area contributed by atoms with Crippen LogP contribution in [0.25, 0.3) is 33.1 Å². The molecule has 9 N–H and O–H groups in total. The number of aliphatic hydroxyl groups is 1. The minimum absolute atomic E-state index is 0.00303. The van der Waals surface area contributed by atoms with Crippen molar-refractivity contribution in [2.75, 3.05) is 42.6 Å². The second-order valence-electron chi connectivity index (χ2n) is 15.3. The third-order valence-electron chi connectivity index (χ3n) is 10.4. The summed E-state index contributed by atoms with van der Waals surface area (Å²) >= 11 is 0. The van der Waals surface area contributed by atoms with Crippen LogP contribution in [0.2, 0.25) is 0 Å². The SMILES string of the molecule is CCN(CCCCCC(=O)NCC#Cc1cn([C@H]2C[C@H](O)[C@@H](COP(=O)(O)OP(=O)(O)OP(=O)(O)O)O2)c2ncnc(N)c12)c1ccc2cc(-c3cc[n+](CCCS(=O)(=O)O)cc3)c(=O)oc2c1. The zero-order valence-corrected chi connectivity index (χ0v) is 39.6. The van der Waals surface area contributed by atoms with Crippen LogP contribution in [-0.4, -0.2) is 102 Å². The van der Waals surface area contributed by atoms with Crippen molar-refractivity contribution in [3.63, 3.8) is 0 Å². The minimum atomic E-state index is -5.75. The molecule has 0 radical (unpaired) electrons. The minimum Gasteiger partial charge on any atom is -0.422 e. The molecular weight excluding hydrogens is 979 g/mol. The van der Waals surface area contributed by atoms with Crippen molar-refractivity contribution < 1.29 is 83.0 Å². The maximum absolute atomic E-state index is 13.0. The number of nitrogen functional groups attached to an aromatic ring is 1. The van der Waals surface area contributed by atoms with Crippen molar-refractivity contribution in [2.24, 2.45) is 0 Å². The third kappa shape index (κ3) is 14.8. The van der Waals surface area contributed by atoms with Crippen LogP contribution in [-0.2, 0) is 53.0 Å². The summed E-state index contributed by atoms with van der Waals surface area (Å²) in [6.45, 7) is 2.90. The number of anilines is 2. The number of aryl methyl sites for hydroxylation is 1. The Bertz CT molecular complexity index is 3010. The third-order valence-corrected chi connectivity index (χ3v) is 15.0. The summed E-state index contributed by atoms with van der Waals surface area (Å²) < 4.78 is 92.5. The molecular formula is C39H49N7O18P3S+. The highest BCUT2D eigenvalue weighted by molar-refractivity contribution is 7.85. The zero-order chi connectivity index (χ0) is 49.4. The summed E-state index contributed by atoms with van der Waals surface area (Å²) in [5, 5.41) is 14.5. The van der Waals surface area contributed by atoms with E-state index in [9.17, 15) is 46.6 Å². The van der Waals surface area contributed by atoms with E-state index in [0.29, 0.717) is 53.7 Å². The summed E-state index contributed by atoms with van der Waals surface area (Å²) in [5.41, 5.74) is 8.59. The Morgan fingerprint density at radius 3 is 2.50 bits per heavy atom. The molecule has 0 aliphatic carbocycles. The molecule has 0 saturated carbocycles. The number of hydrogen-bond donors (Lipinski definition) is 8. The summed E-state index contributed by atoms with van der Waals surface area (Å²) in [4.78, 5) is 72.7. The number of nitrogens with one attached hydrogen (secondary N) is 1. The maximum Gasteiger partial charge on any atom is 0.490 e. The van der Waals surface area contributed by atoms with Crippen LogP contribution >= 0.6 is 23.5 Å². The van der Waals surface area contributed by atoms with Gasteiger partial charge in [-0.15, -0.1) is 0 Å². The van der Waals surface area contributed by atoms with E-state index in [1.807, 2.05) is 25.1 Å². The van der Waals surface area contributed by atoms with Gasteiger partial charge in [0.05, 0.1) is 41.5 Å². The molecule has 5 heterocycles. The summed E-state index contributed by atoms with van der Waals surface area (Å²) in [7, 11) is -20.9. The number of unbranched alkanes of at least 4 members (excludes halogenated alkanes) is 2. The van der Waals surface area contributed by atoms with E-state index in [1.165, 1.54) is 17.1 Å². The van der Waals surface area contributed by atoms with E-state index in [1.54, 1.807) is 35.2 Å². The number of ether oxygens (including phenoxy) is 1. The Hall–Kier alpha value is -4.93. The summed E-state index contributed by atoms with van der Waals surface area (Å²) in [5.74, 6) is 5.33. The topological polar surface area (TPSA) is 367 Å². The van der Waals surface area contributed by atoms with Gasteiger partial charge in [-0.2, -0.15) is 17.0 Å². The number of amides is 1. The van der Waals surface area contributed by atoms with Crippen LogP contribution in [0, 0.1) is 11.8 Å². The summed E-state index contributed by atoms with van der Waals surface area (Å²) in [6, 6.07) is 10.9. The smallest absolute Gasteiger partial charge is 0.422 e. The van der Waals surface area contributed by atoms with Crippen LogP contribution in [0.3, 0.4) is 0 Å². The molecule has 0 bridgehead atoms. The van der Waals surface area contributed by atoms with Gasteiger partial charge in [0.15, 0.2) is 12.4 Å². The number of carbonyl (C=O) groups excluding carboxylic acids is 1. The molecule has 4 aromatic heterocycles. The fourth-order valence-corrected chi connectivity index (χ4v) is 10.8. The Morgan fingerprint density at radius 2 is 1.79 bits per heavy atom. The Kier molecular flexibility index (Phi) is 17.1. The number of benzene rings is 1. The first-order valence-corrected chi connectivity index (χ1v) is 26.9. The van der Waals surface area contributed by atoms with Gasteiger partial charge in [-0.3, -0.25) is 13.9 Å². The molecule has 2 unspecified atom stereocenters. The number of phosphoric ester groups is 1. The lowest BCUT2D eigenvalue weighted by atomic mass is 10.1. The zero-order valence-electron chi connectivity index (χ0n) is 36.1. The number of carbonyl (C=O) groups is 1. The fourth-order valence-electron chi connectivity index (χ4n) is 7.25. The number of pyridine rings is 1. The normalized spacial score (nSPS) is 18.2. The van der Waals surface area contributed by atoms with Crippen molar-refractivity contribution in [3.05, 3.63) is 77.3 Å². The van der Waals surface area contributed by atoms with Gasteiger partial charge >= 0.3 is 29.1 Å². The highest BCUT2D eigenvalue weighted by Crippen LogP contribution is 2.66. The standard InChI is InChI=1S/C39H48N7O18P3S/c1-2-45(29-11-10-27-20-30(39(49)62-32(27)21-29)26-12-17-44(18-13-26)15-7-19-68(57,58)59)16-5-3-4-9-34(48)41-14-6-8-28-23-46(38-36(28)37(40)42-25-43-38)35-22-31(47)33(61-35)24-60-66(53,54)64-67(55,56)63-65(50,51)52/h10-13,17-18,20-21,23,25,31,33,35,47H,2-5,7,9,14-16,19,22,24H2,1H3,(H7-,40,41,42,43,48,50,51,52,53,54,55,56,57,58,59)/p+1/t31-,33+,35+/m0/s1. The van der Waals surface area contributed by atoms with Crippen LogP contribution < -0.4 is 26.1 Å². The van der Waals surface area contributed by atoms with Crippen molar-refractivity contribution in [1.29, 1.82) is 0 Å². The van der Waals surface area contributed by atoms with Crippen molar-refractivity contribution >= 4 is 73.0 Å². The van der Waals surface area contributed by atoms with E-state index >= 15 is 0 Å². The van der Waals surface area contributed by atoms with Gasteiger partial charge in [0.25, 0.3) is 10.1 Å². The molecule has 0 spiro atoms. The molecule has 25 nitrogen and oxygen atoms in total. The van der Waals surface area contributed by atoms with Crippen molar-refractivity contribution in [3.8, 4) is 23.0 Å². The first kappa shape index (κ1) is 52.4. The molecule has 1 fully saturated rings. The number of nitrogens with two attached hydrogens (primary N) is 1. The van der Waals surface area contributed by atoms with Gasteiger partial charge in [-0.25, -0.2) is 33.0 Å². The number of nitrogens with zero attached hydrogens (tertiary/aromatic N) is 5. The van der Waals surface area contributed by atoms with Crippen molar-refractivity contribution in [2.45, 2.75) is 70.4 Å². The van der Waals surface area contributed by atoms with E-state index in [2.05, 4.69) is 45.2 Å². The highest BCUT2D eigenvalue weighted by atomic mass is 32.2. The molecule has 1 saturated heterocycles. The molecule has 1 amide bonds. The number of aromatic nitrogens is 4. The van der Waals surface area contributed by atoms with Gasteiger partial charge in [0, 0.05) is 73.4 Å². The Morgan fingerprint density at radius 1 is 1.04 bits per heavy atom. The van der Waals surface area contributed by atoms with E-state index < -0.39 is 64.3 Å². The van der Waals surface area contributed by atoms with Gasteiger partial charge in [-0.1, -0.05) is 18.3 Å². The lowest BCUT2D eigenvalue weighted by Crippen LogP contribution is -2.33. The maximum atomic E-state index is 13.0. The van der Waals surface area contributed by atoms with Gasteiger partial charge < -0.3 is 54.4 Å². The Balaban J connectivity index is 0.962. The average molecular weight is 1030 g/mol. The van der Waals surface area contributed by atoms with Crippen LogP contribution in [0.15, 0.2) is 70.5 Å². The molecule has 5 atom stereocenters. The molecule has 5 aromatic rings. The molecule has 1 aliphatic rings. The molecule has 68 heavy (non-hydrogen) atoms. The molecule has 6 rings (SSSR count). The lowest BCUT2D eigenvalue weighted by Gasteiger charge is -2.23. The fraction of sp³-hybridized carbons (Fsp3) is 0.410. The molecule has 1 aliphatic heterocycles. The van der Waals surface area contributed by atoms with Crippen LogP contribution in [0.1, 0.15) is 57.2 Å². The summed E-state index contributed by atoms with van der Waals surface area (Å²) in [6.07, 6.45) is 5.15. The first-order valence-electron chi connectivity index (χ1n) is 20.8. The van der Waals surface area contributed by atoms with Crippen LogP contribution in [0.4, 0.5) is 11.5 Å². The van der Waals surface area contributed by atoms with Gasteiger partial charge in [-0.05, 0) is 38.0 Å². The predicted octanol–water partition coefficient (Wildman–Crippen LogP) is 2.90. The molecule has 368 valence electrons. The number of aliphatic hydroxyl groups excluding tert-OH is 1. The van der Waals surface area contributed by atoms with E-state index in [-0.39, 0.29) is 48.9 Å². The van der Waals surface area contributed by atoms with Gasteiger partial charge in [0.2, 0.25) is 5.91 Å². The Labute approximate surface area is 388 Å². The quantitative estimate of drug-likeness (QED) is 0.0123. The second-order valence-corrected chi connectivity index (χ2v) is 21.3. The van der Waals surface area contributed by atoms with E-state index in [0.717, 1.165) is 23.9 Å². The average Bonchev–Trinajstić information content (AvgIpc) is 3.81. The molecule has 29 heteroatoms. The van der Waals surface area contributed by atoms with Crippen LogP contribution in [0.5, 0.6) is 0 Å². The number of rotatable bonds is 22. The largest absolute Gasteiger partial charge is 0.490 e. The first-order chi connectivity index (χ1) is 32.0. The van der Waals surface area contributed by atoms with Gasteiger partial charge in [0.1, 0.15) is 42.3 Å². The number of fused-ring (bicyclic) bond motifs is 2. The van der Waals surface area contributed by atoms with E-state index in [4.69, 9.17) is 29.2 Å². The monoisotopic (exact) mass is 1030 g/mol. The number of hydrogen-bond acceptors (Lipinski definition) is 17. The lowest BCUT2D eigenvalue weighted by molar-refractivity contribution is -0.696. The predicted molar refractivity (Wildman–Crippen MR) is 242 cm³/mol.